The van der Waals surface area contributed by atoms with E-state index in [-0.39, 0.29) is 44.0 Å². The van der Waals surface area contributed by atoms with Gasteiger partial charge < -0.3 is 20.3 Å². The van der Waals surface area contributed by atoms with Gasteiger partial charge in [-0.25, -0.2) is 0 Å². The highest BCUT2D eigenvalue weighted by Crippen LogP contribution is 2.23. The molecule has 0 saturated heterocycles. The number of nitrogens with one attached hydrogen (secondary N) is 2. The van der Waals surface area contributed by atoms with Gasteiger partial charge in [-0.15, -0.1) is 10.2 Å². The molecule has 1 aromatic heterocycles. The lowest BCUT2D eigenvalue weighted by Gasteiger charge is -2.23. The highest BCUT2D eigenvalue weighted by atomic mass is 35.5. The zero-order valence-electron chi connectivity index (χ0n) is 18.2. The third-order valence-electron chi connectivity index (χ3n) is 5.19. The van der Waals surface area contributed by atoms with Gasteiger partial charge in [-0.2, -0.15) is 0 Å². The average Bonchev–Trinajstić information content (AvgIpc) is 3.38. The summed E-state index contributed by atoms with van der Waals surface area (Å²) in [6, 6.07) is 11.8. The predicted molar refractivity (Wildman–Crippen MR) is 124 cm³/mol. The zero-order valence-corrected chi connectivity index (χ0v) is 19.0. The molecule has 0 radical (unpaired) electrons. The van der Waals surface area contributed by atoms with Gasteiger partial charge in [0.2, 0.25) is 5.91 Å². The maximum Gasteiger partial charge on any atom is 0.255 e. The number of ether oxygens (including phenoxy) is 1. The number of carbonyl (C=O) groups excluding carboxylic acids is 3. The quantitative estimate of drug-likeness (QED) is 0.574. The summed E-state index contributed by atoms with van der Waals surface area (Å²) in [6.45, 7) is 0.839. The van der Waals surface area contributed by atoms with E-state index in [9.17, 15) is 14.4 Å². The zero-order chi connectivity index (χ0) is 23.9. The molecule has 1 aliphatic rings. The summed E-state index contributed by atoms with van der Waals surface area (Å²) in [5.74, 6) is -0.530. The molecule has 2 aromatic carbocycles. The van der Waals surface area contributed by atoms with Gasteiger partial charge in [0.05, 0.1) is 18.7 Å². The van der Waals surface area contributed by atoms with Crippen molar-refractivity contribution in [2.45, 2.75) is 6.42 Å². The molecule has 0 atom stereocenters. The smallest absolute Gasteiger partial charge is 0.255 e. The Morgan fingerprint density at radius 2 is 1.85 bits per heavy atom. The number of hydrogen-bond acceptors (Lipinski definition) is 6. The topological polar surface area (TPSA) is 118 Å². The lowest BCUT2D eigenvalue weighted by Crippen LogP contribution is -2.43. The maximum absolute atomic E-state index is 13.3. The van der Waals surface area contributed by atoms with E-state index in [1.165, 1.54) is 23.6 Å². The van der Waals surface area contributed by atoms with Crippen molar-refractivity contribution in [2.24, 2.45) is 0 Å². The molecule has 176 valence electrons. The van der Waals surface area contributed by atoms with Crippen LogP contribution in [0.15, 0.2) is 55.1 Å². The maximum atomic E-state index is 13.3. The SMILES string of the molecule is O=C1CN(C(=O)c2cccc(-n3cnnc3)c2)CCCNC(=O)c2cc(Cl)ccc2OCCN1. The summed E-state index contributed by atoms with van der Waals surface area (Å²) >= 11 is 6.04. The van der Waals surface area contributed by atoms with Crippen molar-refractivity contribution in [1.82, 2.24) is 30.3 Å². The first kappa shape index (κ1) is 23.2. The van der Waals surface area contributed by atoms with Crippen LogP contribution in [0, 0.1) is 0 Å². The molecule has 0 aliphatic carbocycles. The molecule has 3 aromatic rings. The highest BCUT2D eigenvalue weighted by molar-refractivity contribution is 6.31. The normalized spacial score (nSPS) is 15.4. The molecule has 10 nitrogen and oxygen atoms in total. The van der Waals surface area contributed by atoms with Gasteiger partial charge in [-0.3, -0.25) is 19.0 Å². The van der Waals surface area contributed by atoms with Gasteiger partial charge in [-0.1, -0.05) is 17.7 Å². The number of halogens is 1. The largest absolute Gasteiger partial charge is 0.491 e. The van der Waals surface area contributed by atoms with E-state index < -0.39 is 0 Å². The summed E-state index contributed by atoms with van der Waals surface area (Å²) in [6.07, 6.45) is 3.52. The third kappa shape index (κ3) is 5.70. The number of rotatable bonds is 2. The van der Waals surface area contributed by atoms with Crippen molar-refractivity contribution in [3.63, 3.8) is 0 Å². The number of nitrogens with zero attached hydrogens (tertiary/aromatic N) is 4. The Balaban J connectivity index is 1.50. The minimum atomic E-state index is -0.321. The van der Waals surface area contributed by atoms with Crippen LogP contribution < -0.4 is 15.4 Å². The lowest BCUT2D eigenvalue weighted by atomic mass is 10.1. The van der Waals surface area contributed by atoms with Crippen LogP contribution in [0.25, 0.3) is 5.69 Å². The van der Waals surface area contributed by atoms with E-state index >= 15 is 0 Å². The molecule has 2 heterocycles. The minimum absolute atomic E-state index is 0.115. The van der Waals surface area contributed by atoms with E-state index in [2.05, 4.69) is 20.8 Å². The Morgan fingerprint density at radius 3 is 2.68 bits per heavy atom. The summed E-state index contributed by atoms with van der Waals surface area (Å²) in [5.41, 5.74) is 1.47. The summed E-state index contributed by atoms with van der Waals surface area (Å²) in [4.78, 5) is 39.9. The van der Waals surface area contributed by atoms with Crippen LogP contribution in [-0.2, 0) is 4.79 Å². The number of carbonyl (C=O) groups is 3. The van der Waals surface area contributed by atoms with Gasteiger partial charge in [0.15, 0.2) is 0 Å². The van der Waals surface area contributed by atoms with Gasteiger partial charge in [-0.05, 0) is 42.8 Å². The summed E-state index contributed by atoms with van der Waals surface area (Å²) < 4.78 is 7.36. The number of hydrogen-bond donors (Lipinski definition) is 2. The van der Waals surface area contributed by atoms with Crippen LogP contribution >= 0.6 is 11.6 Å². The van der Waals surface area contributed by atoms with E-state index in [0.29, 0.717) is 34.9 Å². The van der Waals surface area contributed by atoms with E-state index in [4.69, 9.17) is 16.3 Å². The molecule has 0 bridgehead atoms. The molecule has 0 fully saturated rings. The summed E-state index contributed by atoms with van der Waals surface area (Å²) in [7, 11) is 0. The van der Waals surface area contributed by atoms with Crippen LogP contribution in [0.1, 0.15) is 27.1 Å². The Hall–Kier alpha value is -3.92. The van der Waals surface area contributed by atoms with E-state index in [0.717, 1.165) is 5.69 Å². The molecule has 4 rings (SSSR count). The molecule has 1 aliphatic heterocycles. The monoisotopic (exact) mass is 482 g/mol. The highest BCUT2D eigenvalue weighted by Gasteiger charge is 2.20. The van der Waals surface area contributed by atoms with Gasteiger partial charge in [0.25, 0.3) is 11.8 Å². The number of aromatic nitrogens is 3. The average molecular weight is 483 g/mol. The molecule has 0 unspecified atom stereocenters. The van der Waals surface area contributed by atoms with Crippen molar-refractivity contribution >= 4 is 29.3 Å². The van der Waals surface area contributed by atoms with Crippen molar-refractivity contribution < 1.29 is 19.1 Å². The number of fused-ring (bicyclic) bond motifs is 1. The Kier molecular flexibility index (Phi) is 7.38. The number of benzene rings is 2. The van der Waals surface area contributed by atoms with Crippen molar-refractivity contribution in [2.75, 3.05) is 32.8 Å². The first-order valence-electron chi connectivity index (χ1n) is 10.7. The fraction of sp³-hybridized carbons (Fsp3) is 0.261. The molecule has 2 N–H and O–H groups in total. The van der Waals surface area contributed by atoms with Crippen LogP contribution in [0.2, 0.25) is 5.02 Å². The van der Waals surface area contributed by atoms with E-state index in [1.54, 1.807) is 34.9 Å². The first-order valence-corrected chi connectivity index (χ1v) is 11.1. The van der Waals surface area contributed by atoms with Crippen LogP contribution in [0.4, 0.5) is 0 Å². The van der Waals surface area contributed by atoms with Crippen LogP contribution in [-0.4, -0.2) is 70.2 Å². The minimum Gasteiger partial charge on any atom is -0.491 e. The van der Waals surface area contributed by atoms with Crippen molar-refractivity contribution in [1.29, 1.82) is 0 Å². The second-order valence-corrected chi connectivity index (χ2v) is 8.03. The van der Waals surface area contributed by atoms with Gasteiger partial charge >= 0.3 is 0 Å². The second-order valence-electron chi connectivity index (χ2n) is 7.59. The molecule has 3 amide bonds. The Bertz CT molecular complexity index is 1180. The molecule has 11 heteroatoms. The van der Waals surface area contributed by atoms with Crippen LogP contribution in [0.3, 0.4) is 0 Å². The lowest BCUT2D eigenvalue weighted by molar-refractivity contribution is -0.121. The van der Waals surface area contributed by atoms with Gasteiger partial charge in [0.1, 0.15) is 25.0 Å². The molecule has 0 saturated carbocycles. The van der Waals surface area contributed by atoms with Crippen LogP contribution in [0.5, 0.6) is 5.75 Å². The predicted octanol–water partition coefficient (Wildman–Crippen LogP) is 1.69. The second kappa shape index (κ2) is 10.8. The third-order valence-corrected chi connectivity index (χ3v) is 5.43. The van der Waals surface area contributed by atoms with Crippen molar-refractivity contribution in [3.05, 3.63) is 71.3 Å². The molecule has 0 spiro atoms. The van der Waals surface area contributed by atoms with E-state index in [1.807, 2.05) is 6.07 Å². The Labute approximate surface area is 200 Å². The fourth-order valence-corrected chi connectivity index (χ4v) is 3.69. The van der Waals surface area contributed by atoms with Crippen molar-refractivity contribution in [3.8, 4) is 11.4 Å². The fourth-order valence-electron chi connectivity index (χ4n) is 3.52. The summed E-state index contributed by atoms with van der Waals surface area (Å²) in [5, 5.41) is 13.6. The van der Waals surface area contributed by atoms with Gasteiger partial charge in [0, 0.05) is 29.4 Å². The Morgan fingerprint density at radius 1 is 1.03 bits per heavy atom. The molecule has 34 heavy (non-hydrogen) atoms. The standard InChI is InChI=1S/C23H23ClN6O4/c24-17-5-6-20-19(12-17)22(32)26-7-2-9-29(13-21(31)25-8-10-34-20)23(33)16-3-1-4-18(11-16)30-14-27-28-15-30/h1,3-6,11-12,14-15H,2,7-10,13H2,(H,25,31)(H,26,32). The first-order chi connectivity index (χ1) is 16.5. The molecular weight excluding hydrogens is 460 g/mol. The number of amides is 3. The molecular formula is C23H23ClN6O4.